The first-order valence-corrected chi connectivity index (χ1v) is 12.3. The fraction of sp³-hybridized carbons (Fsp3) is 0.429. The van der Waals surface area contributed by atoms with Crippen molar-refractivity contribution in [2.75, 3.05) is 24.6 Å². The zero-order chi connectivity index (χ0) is 28.8. The van der Waals surface area contributed by atoms with Crippen LogP contribution in [0.2, 0.25) is 0 Å². The second kappa shape index (κ2) is 16.1. The Labute approximate surface area is 228 Å². The van der Waals surface area contributed by atoms with E-state index in [0.717, 1.165) is 0 Å². The van der Waals surface area contributed by atoms with Crippen molar-refractivity contribution in [1.29, 1.82) is 0 Å². The number of primary amides is 1. The normalized spacial score (nSPS) is 12.7. The molecule has 0 aromatic heterocycles. The van der Waals surface area contributed by atoms with Crippen molar-refractivity contribution in [3.8, 4) is 0 Å². The molecule has 3 atom stereocenters. The van der Waals surface area contributed by atoms with Crippen LogP contribution in [-0.2, 0) is 35.2 Å². The Balaban J connectivity index is 2.96. The molecule has 7 N–H and O–H groups in total. The van der Waals surface area contributed by atoms with Gasteiger partial charge in [0.25, 0.3) is 5.69 Å². The van der Waals surface area contributed by atoms with Crippen molar-refractivity contribution < 1.29 is 33.7 Å². The van der Waals surface area contributed by atoms with Gasteiger partial charge < -0.3 is 32.3 Å². The molecule has 0 aliphatic carbocycles. The van der Waals surface area contributed by atoms with Crippen LogP contribution in [0.25, 0.3) is 0 Å². The summed E-state index contributed by atoms with van der Waals surface area (Å²) < 4.78 is 0. The molecule has 1 aromatic rings. The van der Waals surface area contributed by atoms with Crippen molar-refractivity contribution in [3.05, 3.63) is 39.9 Å². The summed E-state index contributed by atoms with van der Waals surface area (Å²) in [6, 6.07) is 2.09. The first-order valence-electron chi connectivity index (χ1n) is 11.0. The zero-order valence-electron chi connectivity index (χ0n) is 20.3. The Morgan fingerprint density at radius 1 is 0.868 bits per heavy atom. The van der Waals surface area contributed by atoms with E-state index in [9.17, 15) is 38.9 Å². The maximum absolute atomic E-state index is 12.8. The molecule has 17 heteroatoms. The van der Waals surface area contributed by atoms with Crippen LogP contribution >= 0.6 is 25.3 Å². The van der Waals surface area contributed by atoms with Gasteiger partial charge in [-0.15, -0.1) is 0 Å². The van der Waals surface area contributed by atoms with E-state index in [1.54, 1.807) is 0 Å². The average Bonchev–Trinajstić information content (AvgIpc) is 2.86. The third kappa shape index (κ3) is 11.0. The lowest BCUT2D eigenvalue weighted by atomic mass is 10.0. The number of para-hydroxylation sites is 1. The van der Waals surface area contributed by atoms with E-state index in [1.807, 2.05) is 0 Å². The summed E-state index contributed by atoms with van der Waals surface area (Å²) in [5.74, 6) is -4.59. The SMILES string of the molecule is CC(=O)N[C@@H](CS)C(=O)NCC(=O)N[C@@H](Cc1ccccc1[N+](=O)[O-])C(=O)NCC(=O)N[C@@H](CS)C(N)=O. The van der Waals surface area contributed by atoms with Crippen molar-refractivity contribution in [1.82, 2.24) is 26.6 Å². The summed E-state index contributed by atoms with van der Waals surface area (Å²) in [5, 5.41) is 22.9. The zero-order valence-corrected chi connectivity index (χ0v) is 22.1. The largest absolute Gasteiger partial charge is 0.368 e. The third-order valence-electron chi connectivity index (χ3n) is 4.85. The molecular formula is C21H29N7O8S2. The molecular weight excluding hydrogens is 542 g/mol. The minimum Gasteiger partial charge on any atom is -0.368 e. The average molecular weight is 572 g/mol. The minimum absolute atomic E-state index is 0.0400. The summed E-state index contributed by atoms with van der Waals surface area (Å²) in [7, 11) is 0. The van der Waals surface area contributed by atoms with Gasteiger partial charge in [0.1, 0.15) is 18.1 Å². The third-order valence-corrected chi connectivity index (χ3v) is 5.58. The van der Waals surface area contributed by atoms with E-state index in [0.29, 0.717) is 0 Å². The van der Waals surface area contributed by atoms with Crippen LogP contribution in [0.3, 0.4) is 0 Å². The molecule has 0 saturated carbocycles. The number of amides is 6. The van der Waals surface area contributed by atoms with Crippen LogP contribution in [0.4, 0.5) is 5.69 Å². The van der Waals surface area contributed by atoms with Gasteiger partial charge in [0.2, 0.25) is 35.4 Å². The maximum atomic E-state index is 12.8. The summed E-state index contributed by atoms with van der Waals surface area (Å²) in [5.41, 5.74) is 4.96. The molecule has 1 aromatic carbocycles. The topological polar surface area (TPSA) is 232 Å². The number of rotatable bonds is 15. The van der Waals surface area contributed by atoms with Crippen molar-refractivity contribution in [2.24, 2.45) is 5.73 Å². The maximum Gasteiger partial charge on any atom is 0.272 e. The highest BCUT2D eigenvalue weighted by molar-refractivity contribution is 7.80. The van der Waals surface area contributed by atoms with Gasteiger partial charge >= 0.3 is 0 Å². The molecule has 0 bridgehead atoms. The molecule has 0 aliphatic heterocycles. The Morgan fingerprint density at radius 3 is 1.84 bits per heavy atom. The van der Waals surface area contributed by atoms with Crippen LogP contribution in [0, 0.1) is 10.1 Å². The van der Waals surface area contributed by atoms with Crippen molar-refractivity contribution >= 4 is 66.4 Å². The molecule has 208 valence electrons. The first kappa shape index (κ1) is 32.2. The van der Waals surface area contributed by atoms with E-state index in [1.165, 1.54) is 31.2 Å². The van der Waals surface area contributed by atoms with Crippen LogP contribution in [0.15, 0.2) is 24.3 Å². The lowest BCUT2D eigenvalue weighted by Crippen LogP contribution is -2.54. The molecule has 0 radical (unpaired) electrons. The Kier molecular flexibility index (Phi) is 13.6. The van der Waals surface area contributed by atoms with Crippen LogP contribution in [0.5, 0.6) is 0 Å². The Hall–Kier alpha value is -3.86. The lowest BCUT2D eigenvalue weighted by Gasteiger charge is -2.20. The lowest BCUT2D eigenvalue weighted by molar-refractivity contribution is -0.385. The number of hydrogen-bond acceptors (Lipinski definition) is 10. The van der Waals surface area contributed by atoms with Crippen LogP contribution < -0.4 is 32.3 Å². The minimum atomic E-state index is -1.39. The van der Waals surface area contributed by atoms with Gasteiger partial charge in [0, 0.05) is 36.5 Å². The Bertz CT molecular complexity index is 1070. The quantitative estimate of drug-likeness (QED) is 0.0620. The summed E-state index contributed by atoms with van der Waals surface area (Å²) >= 11 is 7.87. The van der Waals surface area contributed by atoms with Gasteiger partial charge in [-0.2, -0.15) is 25.3 Å². The summed E-state index contributed by atoms with van der Waals surface area (Å²) in [6.45, 7) is 0.0119. The molecule has 0 saturated heterocycles. The van der Waals surface area contributed by atoms with Gasteiger partial charge in [0.15, 0.2) is 0 Å². The highest BCUT2D eigenvalue weighted by Crippen LogP contribution is 2.19. The number of nitrogens with two attached hydrogens (primary N) is 1. The van der Waals surface area contributed by atoms with Gasteiger partial charge in [-0.3, -0.25) is 38.9 Å². The number of benzene rings is 1. The van der Waals surface area contributed by atoms with Crippen molar-refractivity contribution in [3.63, 3.8) is 0 Å². The second-order valence-corrected chi connectivity index (χ2v) is 8.52. The number of nitro groups is 1. The standard InChI is InChI=1S/C21H29N7O8S2/c1-11(29)25-15(10-38)21(34)24-7-17(30)26-13(6-12-4-2-3-5-16(12)28(35)36)20(33)23-8-18(31)27-14(9-37)19(22)32/h2-5,13-15,37-38H,6-10H2,1H3,(H2,22,32)(H,23,33)(H,24,34)(H,25,29)(H,26,30)(H,27,31)/t13-,14-,15-/m0/s1. The molecule has 6 amide bonds. The van der Waals surface area contributed by atoms with Gasteiger partial charge in [0.05, 0.1) is 18.0 Å². The number of carbonyl (C=O) groups excluding carboxylic acids is 6. The molecule has 0 unspecified atom stereocenters. The van der Waals surface area contributed by atoms with Gasteiger partial charge in [-0.25, -0.2) is 0 Å². The first-order chi connectivity index (χ1) is 17.9. The van der Waals surface area contributed by atoms with Crippen LogP contribution in [0.1, 0.15) is 12.5 Å². The van der Waals surface area contributed by atoms with Crippen LogP contribution in [-0.4, -0.2) is 83.1 Å². The predicted octanol–water partition coefficient (Wildman–Crippen LogP) is -2.81. The highest BCUT2D eigenvalue weighted by atomic mass is 32.1. The number of nitrogens with zero attached hydrogens (tertiary/aromatic N) is 1. The summed E-state index contributed by atoms with van der Waals surface area (Å²) in [4.78, 5) is 82.8. The van der Waals surface area contributed by atoms with Gasteiger partial charge in [-0.05, 0) is 0 Å². The van der Waals surface area contributed by atoms with E-state index in [4.69, 9.17) is 5.73 Å². The van der Waals surface area contributed by atoms with E-state index in [-0.39, 0.29) is 29.2 Å². The van der Waals surface area contributed by atoms with Gasteiger partial charge in [-0.1, -0.05) is 18.2 Å². The predicted molar refractivity (Wildman–Crippen MR) is 141 cm³/mol. The fourth-order valence-corrected chi connectivity index (χ4v) is 3.54. The van der Waals surface area contributed by atoms with Crippen molar-refractivity contribution in [2.45, 2.75) is 31.5 Å². The number of hydrogen-bond donors (Lipinski definition) is 8. The molecule has 38 heavy (non-hydrogen) atoms. The fourth-order valence-electron chi connectivity index (χ4n) is 3.01. The van der Waals surface area contributed by atoms with E-state index in [2.05, 4.69) is 51.8 Å². The van der Waals surface area contributed by atoms with E-state index < -0.39 is 71.6 Å². The second-order valence-electron chi connectivity index (χ2n) is 7.79. The number of carbonyl (C=O) groups is 6. The molecule has 15 nitrogen and oxygen atoms in total. The number of thiol groups is 2. The Morgan fingerprint density at radius 2 is 1.37 bits per heavy atom. The highest BCUT2D eigenvalue weighted by Gasteiger charge is 2.26. The molecule has 0 fully saturated rings. The summed E-state index contributed by atoms with van der Waals surface area (Å²) in [6.07, 6.45) is -0.323. The molecule has 1 rings (SSSR count). The number of nitrogens with one attached hydrogen (secondary N) is 5. The monoisotopic (exact) mass is 571 g/mol. The molecule has 0 heterocycles. The molecule has 0 aliphatic rings. The molecule has 0 spiro atoms. The van der Waals surface area contributed by atoms with E-state index >= 15 is 0 Å². The smallest absolute Gasteiger partial charge is 0.272 e. The number of nitro benzene ring substituents is 1.